The molecule has 0 aromatic heterocycles. The summed E-state index contributed by atoms with van der Waals surface area (Å²) < 4.78 is 0. The molecule has 162 valence electrons. The topological polar surface area (TPSA) is 0 Å². The summed E-state index contributed by atoms with van der Waals surface area (Å²) in [7, 11) is -0.487. The molecule has 4 atom stereocenters. The third kappa shape index (κ3) is 2.47. The number of hydrogen-bond donors (Lipinski definition) is 0. The predicted molar refractivity (Wildman–Crippen MR) is 143 cm³/mol. The summed E-state index contributed by atoms with van der Waals surface area (Å²) >= 11 is 0. The van der Waals surface area contributed by atoms with Gasteiger partial charge in [0.2, 0.25) is 0 Å². The minimum Gasteiger partial charge on any atom is -0.0622 e. The number of fused-ring (bicyclic) bond motifs is 4. The van der Waals surface area contributed by atoms with Crippen molar-refractivity contribution >= 4 is 26.7 Å². The highest BCUT2D eigenvalue weighted by atomic mass is 31.1. The smallest absolute Gasteiger partial charge is 0.0198 e. The van der Waals surface area contributed by atoms with Crippen LogP contribution in [-0.2, 0) is 0 Å². The molecular formula is C30H32P2. The number of rotatable bonds is 3. The van der Waals surface area contributed by atoms with E-state index in [1.165, 1.54) is 23.5 Å². The van der Waals surface area contributed by atoms with E-state index in [0.717, 1.165) is 0 Å². The molecule has 2 heteroatoms. The Labute approximate surface area is 195 Å². The summed E-state index contributed by atoms with van der Waals surface area (Å²) in [6.07, 6.45) is 2.64. The van der Waals surface area contributed by atoms with Gasteiger partial charge in [-0.3, -0.25) is 0 Å². The number of allylic oxidation sites excluding steroid dienone is 7. The molecule has 0 radical (unpaired) electrons. The Balaban J connectivity index is 1.58. The minimum atomic E-state index is -0.333. The van der Waals surface area contributed by atoms with Gasteiger partial charge in [-0.15, -0.1) is 0 Å². The van der Waals surface area contributed by atoms with Gasteiger partial charge in [0.1, 0.15) is 0 Å². The van der Waals surface area contributed by atoms with Crippen molar-refractivity contribution in [1.29, 1.82) is 0 Å². The monoisotopic (exact) mass is 454 g/mol. The predicted octanol–water partition coefficient (Wildman–Crippen LogP) is 9.43. The fourth-order valence-corrected chi connectivity index (χ4v) is 14.7. The van der Waals surface area contributed by atoms with Crippen LogP contribution in [0.25, 0.3) is 10.9 Å². The van der Waals surface area contributed by atoms with Crippen LogP contribution >= 0.6 is 15.8 Å². The van der Waals surface area contributed by atoms with Gasteiger partial charge in [-0.2, -0.15) is 0 Å². The van der Waals surface area contributed by atoms with Crippen molar-refractivity contribution < 1.29 is 0 Å². The molecule has 0 unspecified atom stereocenters. The zero-order valence-electron chi connectivity index (χ0n) is 20.1. The SMILES string of the molecule is CC1=C(C)[C@@]2(C)C[P@]1C(C1=C(C)[C@]3(C)C[P@@]1C(c1ccccc1)=C3c1ccccc1)=C2C. The Morgan fingerprint density at radius 2 is 1.06 bits per heavy atom. The van der Waals surface area contributed by atoms with Crippen molar-refractivity contribution in [2.75, 3.05) is 12.3 Å². The van der Waals surface area contributed by atoms with E-state index in [1.54, 1.807) is 43.5 Å². The lowest BCUT2D eigenvalue weighted by atomic mass is 9.73. The van der Waals surface area contributed by atoms with Gasteiger partial charge in [-0.05, 0) is 93.8 Å². The summed E-state index contributed by atoms with van der Waals surface area (Å²) in [4.78, 5) is 0. The maximum absolute atomic E-state index is 2.54. The van der Waals surface area contributed by atoms with Gasteiger partial charge < -0.3 is 0 Å². The van der Waals surface area contributed by atoms with Crippen LogP contribution in [0.4, 0.5) is 0 Å². The van der Waals surface area contributed by atoms with E-state index in [9.17, 15) is 0 Å². The van der Waals surface area contributed by atoms with Crippen LogP contribution in [0.5, 0.6) is 0 Å². The van der Waals surface area contributed by atoms with E-state index < -0.39 is 0 Å². The molecule has 0 saturated carbocycles. The molecule has 6 rings (SSSR count). The Bertz CT molecular complexity index is 1270. The Morgan fingerprint density at radius 1 is 0.562 bits per heavy atom. The first kappa shape index (κ1) is 20.8. The van der Waals surface area contributed by atoms with Crippen LogP contribution in [0, 0.1) is 10.8 Å². The molecule has 0 fully saturated rings. The second-order valence-corrected chi connectivity index (χ2v) is 14.8. The normalized spacial score (nSPS) is 33.4. The van der Waals surface area contributed by atoms with Crippen LogP contribution < -0.4 is 0 Å². The molecule has 32 heavy (non-hydrogen) atoms. The fourth-order valence-electron chi connectivity index (χ4n) is 6.66. The lowest BCUT2D eigenvalue weighted by Crippen LogP contribution is -2.19. The van der Waals surface area contributed by atoms with Gasteiger partial charge in [-0.25, -0.2) is 0 Å². The molecule has 0 nitrogen and oxygen atoms in total. The third-order valence-electron chi connectivity index (χ3n) is 9.02. The highest BCUT2D eigenvalue weighted by Gasteiger charge is 2.57. The zero-order chi connectivity index (χ0) is 22.4. The molecule has 0 N–H and O–H groups in total. The van der Waals surface area contributed by atoms with Crippen LogP contribution in [0.2, 0.25) is 0 Å². The van der Waals surface area contributed by atoms with Crippen LogP contribution in [-0.4, -0.2) is 12.3 Å². The molecule has 0 aliphatic carbocycles. The first-order valence-corrected chi connectivity index (χ1v) is 14.9. The van der Waals surface area contributed by atoms with Gasteiger partial charge in [0.05, 0.1) is 0 Å². The number of hydrogen-bond acceptors (Lipinski definition) is 0. The molecule has 0 amide bonds. The second kappa shape index (κ2) is 6.88. The summed E-state index contributed by atoms with van der Waals surface area (Å²) in [5.41, 5.74) is 9.92. The zero-order valence-corrected chi connectivity index (χ0v) is 21.9. The molecule has 0 spiro atoms. The molecule has 4 bridgehead atoms. The first-order valence-electron chi connectivity index (χ1n) is 11.8. The maximum atomic E-state index is 2.54. The standard InChI is InChI=1S/C30H32P2/c1-19-22(4)31-17-29(19,5)20(2)26(31)27-21(3)30(6)18-32(27)28(24-15-11-8-12-16-24)25(30)23-13-9-7-10-14-23/h7-16H,17-18H2,1-6H3/t29-,30+,31+,32-/m1/s1. The van der Waals surface area contributed by atoms with Crippen molar-refractivity contribution in [2.45, 2.75) is 41.5 Å². The van der Waals surface area contributed by atoms with E-state index in [2.05, 4.69) is 102 Å². The van der Waals surface area contributed by atoms with Crippen LogP contribution in [0.3, 0.4) is 0 Å². The molecule has 4 aliphatic heterocycles. The molecule has 0 saturated heterocycles. The van der Waals surface area contributed by atoms with E-state index in [4.69, 9.17) is 0 Å². The van der Waals surface area contributed by atoms with Gasteiger partial charge >= 0.3 is 0 Å². The van der Waals surface area contributed by atoms with Gasteiger partial charge in [0.25, 0.3) is 0 Å². The second-order valence-electron chi connectivity index (χ2n) is 10.4. The summed E-state index contributed by atoms with van der Waals surface area (Å²) in [6, 6.07) is 22.5. The Morgan fingerprint density at radius 3 is 1.66 bits per heavy atom. The van der Waals surface area contributed by atoms with Crippen molar-refractivity contribution in [3.63, 3.8) is 0 Å². The average molecular weight is 455 g/mol. The Hall–Kier alpha value is -1.74. The quantitative estimate of drug-likeness (QED) is 0.405. The molecule has 4 aliphatic rings. The van der Waals surface area contributed by atoms with Gasteiger partial charge in [0, 0.05) is 10.8 Å². The summed E-state index contributed by atoms with van der Waals surface area (Å²) in [5, 5.41) is 6.93. The highest BCUT2D eigenvalue weighted by molar-refractivity contribution is 7.77. The Kier molecular flexibility index (Phi) is 4.48. The van der Waals surface area contributed by atoms with Crippen molar-refractivity contribution in [1.82, 2.24) is 0 Å². The van der Waals surface area contributed by atoms with E-state index in [-0.39, 0.29) is 21.3 Å². The minimum absolute atomic E-state index is 0.146. The van der Waals surface area contributed by atoms with Crippen molar-refractivity contribution in [2.24, 2.45) is 10.8 Å². The average Bonchev–Trinajstić information content (AvgIpc) is 3.43. The van der Waals surface area contributed by atoms with Crippen molar-refractivity contribution in [3.8, 4) is 0 Å². The summed E-state index contributed by atoms with van der Waals surface area (Å²) in [6.45, 7) is 14.8. The maximum Gasteiger partial charge on any atom is 0.0198 e. The third-order valence-corrected chi connectivity index (χ3v) is 15.5. The number of benzene rings is 2. The molecule has 2 aromatic carbocycles. The van der Waals surface area contributed by atoms with E-state index in [0.29, 0.717) is 5.41 Å². The molecular weight excluding hydrogens is 422 g/mol. The largest absolute Gasteiger partial charge is 0.0622 e. The van der Waals surface area contributed by atoms with Crippen LogP contribution in [0.15, 0.2) is 93.3 Å². The van der Waals surface area contributed by atoms with E-state index in [1.807, 2.05) is 0 Å². The lowest BCUT2D eigenvalue weighted by Gasteiger charge is -2.34. The van der Waals surface area contributed by atoms with Crippen molar-refractivity contribution in [3.05, 3.63) is 104 Å². The first-order chi connectivity index (χ1) is 15.3. The van der Waals surface area contributed by atoms with E-state index >= 15 is 0 Å². The van der Waals surface area contributed by atoms with Gasteiger partial charge in [-0.1, -0.05) is 91.2 Å². The molecule has 4 heterocycles. The summed E-state index contributed by atoms with van der Waals surface area (Å²) in [5.74, 6) is 0. The fraction of sp³-hybridized carbons (Fsp3) is 0.333. The highest BCUT2D eigenvalue weighted by Crippen LogP contribution is 2.85. The molecule has 2 aromatic rings. The van der Waals surface area contributed by atoms with Crippen LogP contribution in [0.1, 0.15) is 52.7 Å². The lowest BCUT2D eigenvalue weighted by molar-refractivity contribution is 0.561. The van der Waals surface area contributed by atoms with Gasteiger partial charge in [0.15, 0.2) is 0 Å².